The van der Waals surface area contributed by atoms with Crippen molar-refractivity contribution in [3.05, 3.63) is 83.2 Å². The molecule has 0 spiro atoms. The summed E-state index contributed by atoms with van der Waals surface area (Å²) >= 11 is 0. The van der Waals surface area contributed by atoms with E-state index < -0.39 is 17.7 Å². The predicted octanol–water partition coefficient (Wildman–Crippen LogP) is 4.96. The smallest absolute Gasteiger partial charge is 0.307 e. The average Bonchev–Trinajstić information content (AvgIpc) is 3.39. The molecule has 0 radical (unpaired) electrons. The fourth-order valence-electron chi connectivity index (χ4n) is 3.91. The fraction of sp³-hybridized carbons (Fsp3) is 0.214. The molecule has 0 saturated heterocycles. The molecule has 0 bridgehead atoms. The molecule has 1 N–H and O–H groups in total. The van der Waals surface area contributed by atoms with Gasteiger partial charge in [0, 0.05) is 24.8 Å². The van der Waals surface area contributed by atoms with Gasteiger partial charge in [-0.15, -0.1) is 0 Å². The molecule has 37 heavy (non-hydrogen) atoms. The van der Waals surface area contributed by atoms with Gasteiger partial charge in [0.15, 0.2) is 0 Å². The highest BCUT2D eigenvalue weighted by Crippen LogP contribution is 2.32. The van der Waals surface area contributed by atoms with E-state index >= 15 is 0 Å². The second kappa shape index (κ2) is 11.6. The summed E-state index contributed by atoms with van der Waals surface area (Å²) in [6.45, 7) is 2.49. The molecule has 4 rings (SSSR count). The number of aryl methyl sites for hydroxylation is 1. The van der Waals surface area contributed by atoms with E-state index in [0.717, 1.165) is 22.3 Å². The second-order valence-electron chi connectivity index (χ2n) is 8.32. The number of hydrogen-bond donors (Lipinski definition) is 1. The third-order valence-electron chi connectivity index (χ3n) is 5.83. The van der Waals surface area contributed by atoms with Crippen molar-refractivity contribution in [1.29, 1.82) is 0 Å². The molecule has 0 aliphatic carbocycles. The monoisotopic (exact) mass is 503 g/mol. The quantitative estimate of drug-likeness (QED) is 0.322. The number of amides is 1. The van der Waals surface area contributed by atoms with Crippen molar-refractivity contribution in [3.8, 4) is 34.0 Å². The number of hydrogen-bond acceptors (Lipinski definition) is 7. The van der Waals surface area contributed by atoms with Crippen molar-refractivity contribution < 1.29 is 28.0 Å². The number of rotatable bonds is 9. The van der Waals surface area contributed by atoms with Crippen molar-refractivity contribution in [2.45, 2.75) is 20.0 Å². The van der Waals surface area contributed by atoms with Crippen LogP contribution in [0.15, 0.2) is 65.2 Å². The van der Waals surface area contributed by atoms with Gasteiger partial charge in [-0.1, -0.05) is 41.6 Å². The Morgan fingerprint density at radius 3 is 2.51 bits per heavy atom. The number of methoxy groups -OCH3 is 2. The molecule has 0 saturated carbocycles. The number of esters is 1. The van der Waals surface area contributed by atoms with Gasteiger partial charge in [0.2, 0.25) is 5.82 Å². The molecular formula is C28H26FN3O5. The van der Waals surface area contributed by atoms with Crippen molar-refractivity contribution in [2.75, 3.05) is 20.8 Å². The van der Waals surface area contributed by atoms with Gasteiger partial charge in [-0.25, -0.2) is 4.39 Å². The summed E-state index contributed by atoms with van der Waals surface area (Å²) in [5.41, 5.74) is 5.16. The lowest BCUT2D eigenvalue weighted by Gasteiger charge is -2.12. The number of halogens is 1. The van der Waals surface area contributed by atoms with Crippen LogP contribution in [0.25, 0.3) is 34.0 Å². The first-order valence-electron chi connectivity index (χ1n) is 11.6. The summed E-state index contributed by atoms with van der Waals surface area (Å²) in [6.07, 6.45) is -0.00832. The highest BCUT2D eigenvalue weighted by Gasteiger charge is 2.17. The highest BCUT2D eigenvalue weighted by molar-refractivity contribution is 5.95. The van der Waals surface area contributed by atoms with Gasteiger partial charge < -0.3 is 19.3 Å². The van der Waals surface area contributed by atoms with E-state index in [1.807, 2.05) is 30.3 Å². The van der Waals surface area contributed by atoms with Crippen LogP contribution in [-0.4, -0.2) is 42.8 Å². The number of ether oxygens (including phenoxy) is 2. The number of nitrogens with zero attached hydrogens (tertiary/aromatic N) is 2. The minimum Gasteiger partial charge on any atom is -0.469 e. The summed E-state index contributed by atoms with van der Waals surface area (Å²) in [5, 5.41) is 6.48. The van der Waals surface area contributed by atoms with Crippen LogP contribution in [0.2, 0.25) is 0 Å². The summed E-state index contributed by atoms with van der Waals surface area (Å²) in [7, 11) is 2.89. The molecule has 1 aromatic heterocycles. The van der Waals surface area contributed by atoms with Crippen molar-refractivity contribution in [3.63, 3.8) is 0 Å². The molecule has 0 fully saturated rings. The lowest BCUT2D eigenvalue weighted by molar-refractivity contribution is -0.140. The van der Waals surface area contributed by atoms with E-state index in [1.165, 1.54) is 25.3 Å². The molecule has 190 valence electrons. The van der Waals surface area contributed by atoms with Crippen LogP contribution in [-0.2, 0) is 20.9 Å². The normalized spacial score (nSPS) is 10.8. The molecule has 0 unspecified atom stereocenters. The van der Waals surface area contributed by atoms with Gasteiger partial charge in [0.05, 0.1) is 25.7 Å². The molecule has 0 atom stereocenters. The van der Waals surface area contributed by atoms with Gasteiger partial charge in [-0.3, -0.25) is 9.59 Å². The summed E-state index contributed by atoms with van der Waals surface area (Å²) in [5.74, 6) is -1.40. The fourth-order valence-corrected chi connectivity index (χ4v) is 3.91. The van der Waals surface area contributed by atoms with Crippen LogP contribution in [0.4, 0.5) is 4.39 Å². The maximum Gasteiger partial charge on any atom is 0.307 e. The van der Waals surface area contributed by atoms with E-state index in [-0.39, 0.29) is 30.2 Å². The van der Waals surface area contributed by atoms with Crippen molar-refractivity contribution in [1.82, 2.24) is 15.5 Å². The maximum atomic E-state index is 14.7. The maximum absolute atomic E-state index is 14.7. The third kappa shape index (κ3) is 5.90. The minimum atomic E-state index is -0.746. The molecule has 1 heterocycles. The van der Waals surface area contributed by atoms with E-state index in [2.05, 4.69) is 39.3 Å². The number of benzene rings is 3. The van der Waals surface area contributed by atoms with Crippen LogP contribution in [0, 0.1) is 12.7 Å². The Morgan fingerprint density at radius 2 is 1.78 bits per heavy atom. The van der Waals surface area contributed by atoms with Gasteiger partial charge in [0.1, 0.15) is 5.82 Å². The lowest BCUT2D eigenvalue weighted by atomic mass is 9.94. The molecule has 4 aromatic rings. The van der Waals surface area contributed by atoms with Crippen LogP contribution in [0.3, 0.4) is 0 Å². The van der Waals surface area contributed by atoms with E-state index in [0.29, 0.717) is 17.7 Å². The molecule has 1 amide bonds. The number of nitrogens with one attached hydrogen (secondary N) is 1. The van der Waals surface area contributed by atoms with E-state index in [1.54, 1.807) is 7.11 Å². The molecule has 3 aromatic carbocycles. The Labute approximate surface area is 213 Å². The first-order chi connectivity index (χ1) is 17.9. The number of carbonyl (C=O) groups is 2. The number of aromatic nitrogens is 2. The predicted molar refractivity (Wildman–Crippen MR) is 135 cm³/mol. The zero-order chi connectivity index (χ0) is 26.4. The zero-order valence-electron chi connectivity index (χ0n) is 20.7. The van der Waals surface area contributed by atoms with E-state index in [4.69, 9.17) is 9.26 Å². The Balaban J connectivity index is 1.55. The van der Waals surface area contributed by atoms with Gasteiger partial charge in [-0.05, 0) is 53.4 Å². The van der Waals surface area contributed by atoms with Gasteiger partial charge in [-0.2, -0.15) is 4.98 Å². The van der Waals surface area contributed by atoms with Crippen LogP contribution < -0.4 is 5.32 Å². The number of carbonyl (C=O) groups excluding carboxylic acids is 2. The topological polar surface area (TPSA) is 104 Å². The highest BCUT2D eigenvalue weighted by atomic mass is 19.1. The van der Waals surface area contributed by atoms with E-state index in [9.17, 15) is 14.0 Å². The SMILES string of the molecule is COCc1cc(-c2nc(-c3ccc(C(=O)NCCC(=O)OC)c(F)c3)no2)ccc1-c1ccccc1C. The summed E-state index contributed by atoms with van der Waals surface area (Å²) in [4.78, 5) is 27.8. The van der Waals surface area contributed by atoms with Crippen molar-refractivity contribution >= 4 is 11.9 Å². The average molecular weight is 504 g/mol. The third-order valence-corrected chi connectivity index (χ3v) is 5.83. The summed E-state index contributed by atoms with van der Waals surface area (Å²) in [6, 6.07) is 18.0. The Morgan fingerprint density at radius 1 is 1.00 bits per heavy atom. The van der Waals surface area contributed by atoms with Crippen LogP contribution in [0.5, 0.6) is 0 Å². The first-order valence-corrected chi connectivity index (χ1v) is 11.6. The van der Waals surface area contributed by atoms with Gasteiger partial charge >= 0.3 is 5.97 Å². The molecule has 8 nitrogen and oxygen atoms in total. The standard InChI is InChI=1S/C28H26FN3O5/c1-17-6-4-5-7-21(17)22-10-9-19(14-20(22)16-35-2)28-31-26(32-37-28)18-8-11-23(24(29)15-18)27(34)30-13-12-25(33)36-3/h4-11,14-15H,12-13,16H2,1-3H3,(H,30,34). The van der Waals surface area contributed by atoms with Crippen molar-refractivity contribution in [2.24, 2.45) is 0 Å². The molecule has 0 aliphatic heterocycles. The largest absolute Gasteiger partial charge is 0.469 e. The molecule has 0 aliphatic rings. The van der Waals surface area contributed by atoms with Crippen LogP contribution >= 0.6 is 0 Å². The van der Waals surface area contributed by atoms with Crippen LogP contribution in [0.1, 0.15) is 27.9 Å². The molecule has 9 heteroatoms. The van der Waals surface area contributed by atoms with Gasteiger partial charge in [0.25, 0.3) is 11.8 Å². The first kappa shape index (κ1) is 25.7. The Bertz CT molecular complexity index is 1430. The summed E-state index contributed by atoms with van der Waals surface area (Å²) < 4.78 is 30.1. The Kier molecular flexibility index (Phi) is 8.05. The zero-order valence-corrected chi connectivity index (χ0v) is 20.7. The molecular weight excluding hydrogens is 477 g/mol. The Hall–Kier alpha value is -4.37. The lowest BCUT2D eigenvalue weighted by Crippen LogP contribution is -2.27. The minimum absolute atomic E-state index is 0.00832. The second-order valence-corrected chi connectivity index (χ2v) is 8.32.